The molecule has 5 heteroatoms. The molecular formula is C15H18BrFN2S. The minimum Gasteiger partial charge on any atom is -0.307 e. The molecule has 1 N–H and O–H groups in total. The number of aryl methyl sites for hydroxylation is 1. The zero-order chi connectivity index (χ0) is 14.9. The van der Waals surface area contributed by atoms with E-state index < -0.39 is 0 Å². The zero-order valence-corrected chi connectivity index (χ0v) is 14.5. The van der Waals surface area contributed by atoms with Crippen molar-refractivity contribution in [3.63, 3.8) is 0 Å². The third kappa shape index (κ3) is 3.87. The number of aromatic nitrogens is 1. The number of halogens is 2. The standard InChI is InChI=1S/C15H18BrFN2S/c1-9-13(8-18-15(2,3)4)20-14(19-9)11-6-5-10(17)7-12(11)16/h5-7,18H,8H2,1-4H3. The van der Waals surface area contributed by atoms with Crippen LogP contribution in [0.25, 0.3) is 10.6 Å². The summed E-state index contributed by atoms with van der Waals surface area (Å²) in [5.74, 6) is -0.247. The number of nitrogens with one attached hydrogen (secondary N) is 1. The van der Waals surface area contributed by atoms with E-state index in [1.807, 2.05) is 6.92 Å². The lowest BCUT2D eigenvalue weighted by Gasteiger charge is -2.19. The molecule has 0 radical (unpaired) electrons. The SMILES string of the molecule is Cc1nc(-c2ccc(F)cc2Br)sc1CNC(C)(C)C. The highest BCUT2D eigenvalue weighted by molar-refractivity contribution is 9.10. The second-order valence-corrected chi connectivity index (χ2v) is 7.69. The molecule has 0 amide bonds. The third-order valence-corrected chi connectivity index (χ3v) is 4.68. The second-order valence-electron chi connectivity index (χ2n) is 5.76. The van der Waals surface area contributed by atoms with Crippen molar-refractivity contribution in [1.82, 2.24) is 10.3 Å². The summed E-state index contributed by atoms with van der Waals surface area (Å²) in [4.78, 5) is 5.81. The van der Waals surface area contributed by atoms with E-state index in [1.165, 1.54) is 17.0 Å². The summed E-state index contributed by atoms with van der Waals surface area (Å²) in [6.45, 7) is 9.23. The molecule has 2 rings (SSSR count). The summed E-state index contributed by atoms with van der Waals surface area (Å²) >= 11 is 5.05. The summed E-state index contributed by atoms with van der Waals surface area (Å²) < 4.78 is 13.9. The Labute approximate surface area is 131 Å². The van der Waals surface area contributed by atoms with E-state index in [-0.39, 0.29) is 11.4 Å². The van der Waals surface area contributed by atoms with E-state index in [0.29, 0.717) is 0 Å². The first kappa shape index (κ1) is 15.6. The molecule has 0 aliphatic heterocycles. The lowest BCUT2D eigenvalue weighted by molar-refractivity contribution is 0.425. The van der Waals surface area contributed by atoms with Crippen LogP contribution in [0.5, 0.6) is 0 Å². The van der Waals surface area contributed by atoms with Crippen LogP contribution in [-0.2, 0) is 6.54 Å². The van der Waals surface area contributed by atoms with Gasteiger partial charge in [-0.1, -0.05) is 0 Å². The Kier molecular flexibility index (Phi) is 4.62. The van der Waals surface area contributed by atoms with Crippen molar-refractivity contribution in [2.24, 2.45) is 0 Å². The van der Waals surface area contributed by atoms with Crippen LogP contribution < -0.4 is 5.32 Å². The predicted octanol–water partition coefficient (Wildman–Crippen LogP) is 4.91. The molecule has 1 aromatic carbocycles. The lowest BCUT2D eigenvalue weighted by Crippen LogP contribution is -2.34. The highest BCUT2D eigenvalue weighted by atomic mass is 79.9. The maximum Gasteiger partial charge on any atom is 0.125 e. The van der Waals surface area contributed by atoms with Gasteiger partial charge in [0.25, 0.3) is 0 Å². The zero-order valence-electron chi connectivity index (χ0n) is 12.1. The molecule has 1 aromatic heterocycles. The predicted molar refractivity (Wildman–Crippen MR) is 86.5 cm³/mol. The minimum absolute atomic E-state index is 0.0764. The fourth-order valence-corrected chi connectivity index (χ4v) is 3.43. The van der Waals surface area contributed by atoms with E-state index in [1.54, 1.807) is 17.4 Å². The van der Waals surface area contributed by atoms with Crippen LogP contribution in [-0.4, -0.2) is 10.5 Å². The van der Waals surface area contributed by atoms with Gasteiger partial charge in [0, 0.05) is 27.0 Å². The molecule has 0 unspecified atom stereocenters. The van der Waals surface area contributed by atoms with Gasteiger partial charge in [0.1, 0.15) is 10.8 Å². The third-order valence-electron chi connectivity index (χ3n) is 2.83. The van der Waals surface area contributed by atoms with Crippen LogP contribution in [0.1, 0.15) is 31.3 Å². The molecule has 0 aliphatic carbocycles. The molecule has 2 nitrogen and oxygen atoms in total. The van der Waals surface area contributed by atoms with E-state index >= 15 is 0 Å². The molecule has 0 atom stereocenters. The van der Waals surface area contributed by atoms with Crippen LogP contribution in [0, 0.1) is 12.7 Å². The Balaban J connectivity index is 2.26. The van der Waals surface area contributed by atoms with Crippen LogP contribution in [0.15, 0.2) is 22.7 Å². The van der Waals surface area contributed by atoms with Gasteiger partial charge < -0.3 is 5.32 Å². The molecule has 0 spiro atoms. The first-order valence-electron chi connectivity index (χ1n) is 6.43. The van der Waals surface area contributed by atoms with Gasteiger partial charge in [-0.3, -0.25) is 0 Å². The average Bonchev–Trinajstić information content (AvgIpc) is 2.67. The van der Waals surface area contributed by atoms with Gasteiger partial charge in [-0.05, 0) is 61.8 Å². The van der Waals surface area contributed by atoms with Crippen LogP contribution in [0.3, 0.4) is 0 Å². The molecule has 1 heterocycles. The highest BCUT2D eigenvalue weighted by Gasteiger charge is 2.15. The molecule has 0 fully saturated rings. The summed E-state index contributed by atoms with van der Waals surface area (Å²) in [5.41, 5.74) is 2.03. The van der Waals surface area contributed by atoms with E-state index in [4.69, 9.17) is 0 Å². The first-order chi connectivity index (χ1) is 9.26. The maximum atomic E-state index is 13.1. The van der Waals surface area contributed by atoms with Gasteiger partial charge in [0.2, 0.25) is 0 Å². The Morgan fingerprint density at radius 2 is 2.05 bits per heavy atom. The fourth-order valence-electron chi connectivity index (χ4n) is 1.72. The summed E-state index contributed by atoms with van der Waals surface area (Å²) in [6, 6.07) is 4.70. The number of hydrogen-bond donors (Lipinski definition) is 1. The van der Waals surface area contributed by atoms with Crippen molar-refractivity contribution in [2.75, 3.05) is 0 Å². The van der Waals surface area contributed by atoms with Crippen LogP contribution in [0.4, 0.5) is 4.39 Å². The minimum atomic E-state index is -0.247. The van der Waals surface area contributed by atoms with Gasteiger partial charge >= 0.3 is 0 Å². The highest BCUT2D eigenvalue weighted by Crippen LogP contribution is 2.33. The smallest absolute Gasteiger partial charge is 0.125 e. The van der Waals surface area contributed by atoms with Gasteiger partial charge in [-0.15, -0.1) is 11.3 Å². The largest absolute Gasteiger partial charge is 0.307 e. The van der Waals surface area contributed by atoms with Crippen molar-refractivity contribution in [2.45, 2.75) is 39.8 Å². The van der Waals surface area contributed by atoms with Crippen molar-refractivity contribution in [3.8, 4) is 10.6 Å². The van der Waals surface area contributed by atoms with Crippen LogP contribution >= 0.6 is 27.3 Å². The normalized spacial score (nSPS) is 11.9. The number of thiazole rings is 1. The molecule has 0 aliphatic rings. The second kappa shape index (κ2) is 5.92. The van der Waals surface area contributed by atoms with Crippen molar-refractivity contribution in [3.05, 3.63) is 39.1 Å². The fraction of sp³-hybridized carbons (Fsp3) is 0.400. The quantitative estimate of drug-likeness (QED) is 0.844. The summed E-state index contributed by atoms with van der Waals surface area (Å²) in [7, 11) is 0. The van der Waals surface area contributed by atoms with Crippen molar-refractivity contribution >= 4 is 27.3 Å². The van der Waals surface area contributed by atoms with Gasteiger partial charge in [-0.2, -0.15) is 0 Å². The van der Waals surface area contributed by atoms with Crippen LogP contribution in [0.2, 0.25) is 0 Å². The van der Waals surface area contributed by atoms with E-state index in [2.05, 4.69) is 47.0 Å². The topological polar surface area (TPSA) is 24.9 Å². The molecule has 2 aromatic rings. The number of hydrogen-bond acceptors (Lipinski definition) is 3. The van der Waals surface area contributed by atoms with Gasteiger partial charge in [-0.25, -0.2) is 9.37 Å². The van der Waals surface area contributed by atoms with Gasteiger partial charge in [0.15, 0.2) is 0 Å². The number of rotatable bonds is 3. The molecule has 20 heavy (non-hydrogen) atoms. The Bertz CT molecular complexity index is 617. The molecule has 0 bridgehead atoms. The number of nitrogens with zero attached hydrogens (tertiary/aromatic N) is 1. The first-order valence-corrected chi connectivity index (χ1v) is 8.04. The van der Waals surface area contributed by atoms with E-state index in [9.17, 15) is 4.39 Å². The van der Waals surface area contributed by atoms with Crippen molar-refractivity contribution < 1.29 is 4.39 Å². The lowest BCUT2D eigenvalue weighted by atomic mass is 10.1. The average molecular weight is 357 g/mol. The molecule has 0 saturated carbocycles. The monoisotopic (exact) mass is 356 g/mol. The Hall–Kier alpha value is -0.780. The van der Waals surface area contributed by atoms with Gasteiger partial charge in [0.05, 0.1) is 5.69 Å². The molecule has 108 valence electrons. The summed E-state index contributed by atoms with van der Waals surface area (Å²) in [6.07, 6.45) is 0. The van der Waals surface area contributed by atoms with Crippen molar-refractivity contribution in [1.29, 1.82) is 0 Å². The maximum absolute atomic E-state index is 13.1. The van der Waals surface area contributed by atoms with E-state index in [0.717, 1.165) is 27.3 Å². The summed E-state index contributed by atoms with van der Waals surface area (Å²) in [5, 5.41) is 4.38. The molecular weight excluding hydrogens is 339 g/mol. The molecule has 0 saturated heterocycles. The number of benzene rings is 1. The Morgan fingerprint density at radius 3 is 2.65 bits per heavy atom. The Morgan fingerprint density at radius 1 is 1.35 bits per heavy atom.